The van der Waals surface area contributed by atoms with E-state index in [0.29, 0.717) is 41.8 Å². The number of fused-ring (bicyclic) bond motifs is 2. The van der Waals surface area contributed by atoms with Crippen LogP contribution in [0.1, 0.15) is 49.2 Å². The van der Waals surface area contributed by atoms with E-state index in [2.05, 4.69) is 20.3 Å². The third-order valence-electron chi connectivity index (χ3n) is 5.97. The number of nitrogens with zero attached hydrogens (tertiary/aromatic N) is 5. The zero-order valence-electron chi connectivity index (χ0n) is 16.7. The Hall–Kier alpha value is -3.14. The van der Waals surface area contributed by atoms with Crippen molar-refractivity contribution in [1.82, 2.24) is 29.7 Å². The van der Waals surface area contributed by atoms with Crippen molar-refractivity contribution in [2.24, 2.45) is 0 Å². The predicted octanol–water partition coefficient (Wildman–Crippen LogP) is 3.82. The smallest absolute Gasteiger partial charge is 0.186 e. The van der Waals surface area contributed by atoms with Gasteiger partial charge in [0.05, 0.1) is 23.8 Å². The molecule has 0 atom stereocenters. The fourth-order valence-electron chi connectivity index (χ4n) is 4.12. The number of H-pyrrole nitrogens is 1. The normalized spacial score (nSPS) is 17.6. The van der Waals surface area contributed by atoms with Gasteiger partial charge in [0, 0.05) is 25.3 Å². The zero-order valence-corrected chi connectivity index (χ0v) is 16.7. The Labute approximate surface area is 176 Å². The van der Waals surface area contributed by atoms with Gasteiger partial charge in [-0.2, -0.15) is 5.10 Å². The number of nitrogens with one attached hydrogen (secondary N) is 2. The molecule has 2 fully saturated rings. The van der Waals surface area contributed by atoms with E-state index in [9.17, 15) is 8.78 Å². The van der Waals surface area contributed by atoms with Crippen LogP contribution in [0.2, 0.25) is 0 Å². The Bertz CT molecular complexity index is 1270. The number of hydrogen-bond donors (Lipinski definition) is 2. The van der Waals surface area contributed by atoms with E-state index in [0.717, 1.165) is 43.1 Å². The molecule has 2 aliphatic rings. The molecule has 6 rings (SSSR count). The Morgan fingerprint density at radius 3 is 2.74 bits per heavy atom. The number of halogens is 2. The third-order valence-corrected chi connectivity index (χ3v) is 5.97. The summed E-state index contributed by atoms with van der Waals surface area (Å²) in [5.41, 5.74) is 2.92. The number of imidazole rings is 1. The molecule has 1 saturated carbocycles. The van der Waals surface area contributed by atoms with Crippen molar-refractivity contribution in [1.29, 1.82) is 0 Å². The Morgan fingerprint density at radius 1 is 1.10 bits per heavy atom. The van der Waals surface area contributed by atoms with Crippen LogP contribution in [-0.4, -0.2) is 42.9 Å². The average molecular weight is 425 g/mol. The summed E-state index contributed by atoms with van der Waals surface area (Å²) in [6, 6.07) is 2.77. The summed E-state index contributed by atoms with van der Waals surface area (Å²) >= 11 is 0. The second kappa shape index (κ2) is 7.23. The summed E-state index contributed by atoms with van der Waals surface area (Å²) < 4.78 is 34.9. The largest absolute Gasteiger partial charge is 0.381 e. The van der Waals surface area contributed by atoms with Crippen molar-refractivity contribution in [2.75, 3.05) is 18.5 Å². The molecule has 8 nitrogen and oxygen atoms in total. The molecular weight excluding hydrogens is 404 g/mol. The van der Waals surface area contributed by atoms with E-state index in [4.69, 9.17) is 14.8 Å². The second-order valence-corrected chi connectivity index (χ2v) is 8.17. The van der Waals surface area contributed by atoms with Gasteiger partial charge in [0.2, 0.25) is 0 Å². The van der Waals surface area contributed by atoms with Crippen LogP contribution in [0, 0.1) is 11.6 Å². The highest BCUT2D eigenvalue weighted by Gasteiger charge is 2.28. The molecule has 4 heterocycles. The molecule has 0 spiro atoms. The van der Waals surface area contributed by atoms with Crippen LogP contribution in [0.5, 0.6) is 0 Å². The zero-order chi connectivity index (χ0) is 20.9. The van der Waals surface area contributed by atoms with Crippen molar-refractivity contribution < 1.29 is 13.5 Å². The first-order valence-electron chi connectivity index (χ1n) is 10.6. The predicted molar refractivity (Wildman–Crippen MR) is 110 cm³/mol. The number of ether oxygens (including phenoxy) is 1. The molecule has 1 aliphatic heterocycles. The van der Waals surface area contributed by atoms with Gasteiger partial charge in [0.1, 0.15) is 11.3 Å². The molecule has 1 aliphatic carbocycles. The lowest BCUT2D eigenvalue weighted by Crippen LogP contribution is -2.21. The summed E-state index contributed by atoms with van der Waals surface area (Å²) in [7, 11) is 0. The molecule has 0 unspecified atom stereocenters. The summed E-state index contributed by atoms with van der Waals surface area (Å²) in [6.45, 7) is 1.67. The van der Waals surface area contributed by atoms with Gasteiger partial charge < -0.3 is 15.0 Å². The van der Waals surface area contributed by atoms with Gasteiger partial charge in [-0.15, -0.1) is 0 Å². The van der Waals surface area contributed by atoms with Crippen molar-refractivity contribution in [3.05, 3.63) is 41.5 Å². The van der Waals surface area contributed by atoms with Gasteiger partial charge in [0.25, 0.3) is 0 Å². The fraction of sp³-hybridized carbons (Fsp3) is 0.429. The quantitative estimate of drug-likeness (QED) is 0.505. The van der Waals surface area contributed by atoms with Crippen LogP contribution in [0.25, 0.3) is 22.2 Å². The minimum absolute atomic E-state index is 0.0109. The molecule has 31 heavy (non-hydrogen) atoms. The molecule has 0 radical (unpaired) electrons. The number of rotatable bonds is 5. The topological polar surface area (TPSA) is 93.5 Å². The molecular formula is C21H21F2N7O. The first-order valence-corrected chi connectivity index (χ1v) is 10.6. The van der Waals surface area contributed by atoms with Gasteiger partial charge in [-0.1, -0.05) is 0 Å². The van der Waals surface area contributed by atoms with E-state index in [1.54, 1.807) is 0 Å². The number of anilines is 1. The highest BCUT2D eigenvalue weighted by molar-refractivity contribution is 5.83. The SMILES string of the molecule is Fc1ccc2[nH]c(CNc3nn(C4CCOCC4)c4nc(C5CC5)cnc34)nc2c1F. The third kappa shape index (κ3) is 3.31. The second-order valence-electron chi connectivity index (χ2n) is 8.17. The fourth-order valence-corrected chi connectivity index (χ4v) is 4.12. The maximum atomic E-state index is 14.0. The molecule has 0 amide bonds. The summed E-state index contributed by atoms with van der Waals surface area (Å²) in [5, 5.41) is 8.03. The molecule has 1 aromatic carbocycles. The molecule has 4 aromatic rings. The number of aromatic nitrogens is 6. The maximum Gasteiger partial charge on any atom is 0.186 e. The first-order chi connectivity index (χ1) is 15.2. The monoisotopic (exact) mass is 425 g/mol. The standard InChI is InChI=1S/C21H21F2N7O/c22-13-3-4-14-18(17(13)23)28-16(26-14)10-25-20-19-21(27-15(9-24-19)11-1-2-11)30(29-20)12-5-7-31-8-6-12/h3-4,9,11-12H,1-2,5-8,10H2,(H,25,29)(H,26,28). The Kier molecular flexibility index (Phi) is 4.34. The summed E-state index contributed by atoms with van der Waals surface area (Å²) in [6.07, 6.45) is 5.89. The summed E-state index contributed by atoms with van der Waals surface area (Å²) in [5.74, 6) is -0.286. The van der Waals surface area contributed by atoms with E-state index in [1.165, 1.54) is 6.07 Å². The summed E-state index contributed by atoms with van der Waals surface area (Å²) in [4.78, 5) is 16.8. The minimum Gasteiger partial charge on any atom is -0.381 e. The van der Waals surface area contributed by atoms with E-state index >= 15 is 0 Å². The molecule has 1 saturated heterocycles. The lowest BCUT2D eigenvalue weighted by Gasteiger charge is -2.22. The van der Waals surface area contributed by atoms with Gasteiger partial charge in [-0.25, -0.2) is 28.4 Å². The van der Waals surface area contributed by atoms with E-state index in [-0.39, 0.29) is 18.1 Å². The van der Waals surface area contributed by atoms with E-state index < -0.39 is 11.6 Å². The minimum atomic E-state index is -0.951. The number of hydrogen-bond acceptors (Lipinski definition) is 6. The van der Waals surface area contributed by atoms with Crippen LogP contribution in [0.4, 0.5) is 14.6 Å². The molecule has 160 valence electrons. The lowest BCUT2D eigenvalue weighted by atomic mass is 10.1. The highest BCUT2D eigenvalue weighted by Crippen LogP contribution is 2.39. The van der Waals surface area contributed by atoms with Crippen molar-refractivity contribution >= 4 is 28.0 Å². The Morgan fingerprint density at radius 2 is 1.94 bits per heavy atom. The Balaban J connectivity index is 1.33. The maximum absolute atomic E-state index is 14.0. The highest BCUT2D eigenvalue weighted by atomic mass is 19.2. The van der Waals surface area contributed by atoms with Crippen molar-refractivity contribution in [2.45, 2.75) is 44.2 Å². The van der Waals surface area contributed by atoms with Crippen LogP contribution >= 0.6 is 0 Å². The average Bonchev–Trinajstić information content (AvgIpc) is 3.47. The molecule has 3 aromatic heterocycles. The van der Waals surface area contributed by atoms with Crippen molar-refractivity contribution in [3.8, 4) is 0 Å². The van der Waals surface area contributed by atoms with Crippen LogP contribution in [-0.2, 0) is 11.3 Å². The van der Waals surface area contributed by atoms with Gasteiger partial charge in [-0.3, -0.25) is 0 Å². The van der Waals surface area contributed by atoms with Crippen molar-refractivity contribution in [3.63, 3.8) is 0 Å². The molecule has 2 N–H and O–H groups in total. The van der Waals surface area contributed by atoms with Gasteiger partial charge in [-0.05, 0) is 37.8 Å². The van der Waals surface area contributed by atoms with Crippen LogP contribution in [0.3, 0.4) is 0 Å². The number of benzene rings is 1. The first kappa shape index (κ1) is 18.6. The molecule has 0 bridgehead atoms. The van der Waals surface area contributed by atoms with E-state index in [1.807, 2.05) is 10.9 Å². The lowest BCUT2D eigenvalue weighted by molar-refractivity contribution is 0.0674. The molecule has 10 heteroatoms. The van der Waals surface area contributed by atoms with Crippen LogP contribution in [0.15, 0.2) is 18.3 Å². The van der Waals surface area contributed by atoms with Gasteiger partial charge >= 0.3 is 0 Å². The number of aromatic amines is 1. The van der Waals surface area contributed by atoms with Gasteiger partial charge in [0.15, 0.2) is 28.6 Å². The van der Waals surface area contributed by atoms with Crippen LogP contribution < -0.4 is 5.32 Å².